The van der Waals surface area contributed by atoms with Crippen molar-refractivity contribution in [3.63, 3.8) is 0 Å². The summed E-state index contributed by atoms with van der Waals surface area (Å²) in [4.78, 5) is 22.8. The summed E-state index contributed by atoms with van der Waals surface area (Å²) in [5.41, 5.74) is 3.53. The lowest BCUT2D eigenvalue weighted by Gasteiger charge is -2.34. The normalized spacial score (nSPS) is 26.2. The maximum Gasteiger partial charge on any atom is 0.222 e. The average molecular weight is 441 g/mol. The molecule has 172 valence electrons. The topological polar surface area (TPSA) is 103 Å². The maximum atomic E-state index is 12.0. The minimum Gasteiger partial charge on any atom is -0.389 e. The van der Waals surface area contributed by atoms with Gasteiger partial charge in [-0.15, -0.1) is 0 Å². The number of nitrogens with one attached hydrogen (secondary N) is 2. The molecule has 0 bridgehead atoms. The van der Waals surface area contributed by atoms with E-state index >= 15 is 0 Å². The highest BCUT2D eigenvalue weighted by atomic mass is 16.7. The molecule has 0 atom stereocenters. The molecule has 2 aromatic heterocycles. The number of ether oxygens (including phenoxy) is 1. The van der Waals surface area contributed by atoms with Crippen LogP contribution >= 0.6 is 0 Å². The number of hydrogen-bond acceptors (Lipinski definition) is 7. The van der Waals surface area contributed by atoms with Crippen LogP contribution in [-0.2, 0) is 20.9 Å². The highest BCUT2D eigenvalue weighted by Gasteiger charge is 2.44. The predicted molar refractivity (Wildman–Crippen MR) is 122 cm³/mol. The molecule has 2 aliphatic heterocycles. The molecule has 2 N–H and O–H groups in total. The van der Waals surface area contributed by atoms with E-state index in [0.717, 1.165) is 92.7 Å². The SMILES string of the molecule is CCn1ncc2c(NC3CCOCC3)c(C3=NOC4(CCC(C(=O)NC)CC4)C3)cnc21. The van der Waals surface area contributed by atoms with Crippen LogP contribution in [0.25, 0.3) is 11.0 Å². The van der Waals surface area contributed by atoms with E-state index in [1.807, 2.05) is 17.1 Å². The van der Waals surface area contributed by atoms with E-state index in [0.29, 0.717) is 6.04 Å². The van der Waals surface area contributed by atoms with Crippen molar-refractivity contribution in [2.75, 3.05) is 25.6 Å². The zero-order chi connectivity index (χ0) is 22.1. The largest absolute Gasteiger partial charge is 0.389 e. The standard InChI is InChI=1S/C23H32N6O3/c1-3-29-21-18(14-26-29)20(27-16-6-10-31-11-7-16)17(13-25-21)19-12-23(32-28-19)8-4-15(5-9-23)22(30)24-2/h13-16H,3-12H2,1-2H3,(H,24,30)(H,25,27). The van der Waals surface area contributed by atoms with Gasteiger partial charge in [-0.3, -0.25) is 4.79 Å². The monoisotopic (exact) mass is 440 g/mol. The van der Waals surface area contributed by atoms with Gasteiger partial charge in [0.15, 0.2) is 5.65 Å². The number of carbonyl (C=O) groups is 1. The minimum atomic E-state index is -0.307. The predicted octanol–water partition coefficient (Wildman–Crippen LogP) is 2.84. The van der Waals surface area contributed by atoms with E-state index in [4.69, 9.17) is 14.6 Å². The first-order valence-corrected chi connectivity index (χ1v) is 11.8. The van der Waals surface area contributed by atoms with Gasteiger partial charge in [0.25, 0.3) is 0 Å². The number of anilines is 1. The molecule has 2 aromatic rings. The zero-order valence-electron chi connectivity index (χ0n) is 18.9. The second-order valence-corrected chi connectivity index (χ2v) is 9.15. The Morgan fingerprint density at radius 3 is 2.72 bits per heavy atom. The molecule has 9 heteroatoms. The lowest BCUT2D eigenvalue weighted by atomic mass is 9.75. The second-order valence-electron chi connectivity index (χ2n) is 9.15. The van der Waals surface area contributed by atoms with Gasteiger partial charge in [0.1, 0.15) is 5.60 Å². The fourth-order valence-corrected chi connectivity index (χ4v) is 5.22. The van der Waals surface area contributed by atoms with Crippen LogP contribution in [0.1, 0.15) is 57.4 Å². The molecule has 1 spiro atoms. The van der Waals surface area contributed by atoms with Gasteiger partial charge in [-0.2, -0.15) is 5.10 Å². The van der Waals surface area contributed by atoms with Crippen LogP contribution in [0.3, 0.4) is 0 Å². The van der Waals surface area contributed by atoms with Crippen LogP contribution in [-0.4, -0.2) is 58.3 Å². The lowest BCUT2D eigenvalue weighted by molar-refractivity contribution is -0.128. The Balaban J connectivity index is 1.41. The van der Waals surface area contributed by atoms with Gasteiger partial charge in [-0.05, 0) is 45.4 Å². The highest BCUT2D eigenvalue weighted by Crippen LogP contribution is 2.43. The van der Waals surface area contributed by atoms with Crippen LogP contribution in [0.15, 0.2) is 17.5 Å². The second kappa shape index (κ2) is 8.69. The molecule has 1 saturated carbocycles. The fourth-order valence-electron chi connectivity index (χ4n) is 5.22. The van der Waals surface area contributed by atoms with Crippen LogP contribution in [0.5, 0.6) is 0 Å². The Morgan fingerprint density at radius 2 is 2.00 bits per heavy atom. The summed E-state index contributed by atoms with van der Waals surface area (Å²) in [6.07, 6.45) is 9.83. The van der Waals surface area contributed by atoms with Gasteiger partial charge < -0.3 is 20.2 Å². The molecule has 3 aliphatic rings. The molecule has 1 amide bonds. The molecular weight excluding hydrogens is 408 g/mol. The Bertz CT molecular complexity index is 1020. The quantitative estimate of drug-likeness (QED) is 0.741. The first-order valence-electron chi connectivity index (χ1n) is 11.8. The Hall–Kier alpha value is -2.68. The van der Waals surface area contributed by atoms with Gasteiger partial charge >= 0.3 is 0 Å². The number of rotatable bonds is 5. The van der Waals surface area contributed by atoms with Gasteiger partial charge in [0.2, 0.25) is 5.91 Å². The molecular formula is C23H32N6O3. The average Bonchev–Trinajstić information content (AvgIpc) is 3.44. The molecule has 9 nitrogen and oxygen atoms in total. The summed E-state index contributed by atoms with van der Waals surface area (Å²) in [7, 11) is 1.71. The van der Waals surface area contributed by atoms with E-state index in [9.17, 15) is 4.79 Å². The molecule has 2 fully saturated rings. The summed E-state index contributed by atoms with van der Waals surface area (Å²) in [5.74, 6) is 0.200. The van der Waals surface area contributed by atoms with Crippen molar-refractivity contribution in [3.05, 3.63) is 18.0 Å². The van der Waals surface area contributed by atoms with Crippen molar-refractivity contribution in [2.45, 2.75) is 70.1 Å². The molecule has 1 aliphatic carbocycles. The van der Waals surface area contributed by atoms with E-state index in [2.05, 4.69) is 27.8 Å². The number of nitrogens with zero attached hydrogens (tertiary/aromatic N) is 4. The van der Waals surface area contributed by atoms with Crippen molar-refractivity contribution in [1.82, 2.24) is 20.1 Å². The molecule has 0 aromatic carbocycles. The molecule has 1 saturated heterocycles. The molecule has 0 radical (unpaired) electrons. The summed E-state index contributed by atoms with van der Waals surface area (Å²) >= 11 is 0. The number of oxime groups is 1. The molecule has 0 unspecified atom stereocenters. The maximum absolute atomic E-state index is 12.0. The third-order valence-corrected chi connectivity index (χ3v) is 7.20. The van der Waals surface area contributed by atoms with Crippen LogP contribution in [0.2, 0.25) is 0 Å². The fraction of sp³-hybridized carbons (Fsp3) is 0.652. The van der Waals surface area contributed by atoms with Crippen molar-refractivity contribution in [3.8, 4) is 0 Å². The van der Waals surface area contributed by atoms with Crippen molar-refractivity contribution in [1.29, 1.82) is 0 Å². The van der Waals surface area contributed by atoms with Crippen molar-refractivity contribution < 1.29 is 14.4 Å². The third-order valence-electron chi connectivity index (χ3n) is 7.20. The lowest BCUT2D eigenvalue weighted by Crippen LogP contribution is -2.39. The van der Waals surface area contributed by atoms with Gasteiger partial charge in [0, 0.05) is 56.9 Å². The first kappa shape index (κ1) is 21.2. The van der Waals surface area contributed by atoms with E-state index in [1.54, 1.807) is 7.05 Å². The summed E-state index contributed by atoms with van der Waals surface area (Å²) < 4.78 is 7.46. The summed E-state index contributed by atoms with van der Waals surface area (Å²) in [5, 5.41) is 16.6. The summed E-state index contributed by atoms with van der Waals surface area (Å²) in [6, 6.07) is 0.345. The Morgan fingerprint density at radius 1 is 1.22 bits per heavy atom. The zero-order valence-corrected chi connectivity index (χ0v) is 18.9. The number of carbonyl (C=O) groups excluding carboxylic acids is 1. The van der Waals surface area contributed by atoms with E-state index in [-0.39, 0.29) is 17.4 Å². The smallest absolute Gasteiger partial charge is 0.222 e. The van der Waals surface area contributed by atoms with Crippen molar-refractivity contribution >= 4 is 28.3 Å². The number of aromatic nitrogens is 3. The minimum absolute atomic E-state index is 0.0712. The van der Waals surface area contributed by atoms with Crippen LogP contribution in [0.4, 0.5) is 5.69 Å². The first-order chi connectivity index (χ1) is 15.6. The Kier molecular flexibility index (Phi) is 5.75. The van der Waals surface area contributed by atoms with Crippen LogP contribution in [0, 0.1) is 5.92 Å². The van der Waals surface area contributed by atoms with Gasteiger partial charge in [-0.25, -0.2) is 9.67 Å². The van der Waals surface area contributed by atoms with Gasteiger partial charge in [0.05, 0.1) is 23.0 Å². The third kappa shape index (κ3) is 3.83. The molecule has 4 heterocycles. The number of fused-ring (bicyclic) bond motifs is 1. The molecule has 5 rings (SSSR count). The van der Waals surface area contributed by atoms with Gasteiger partial charge in [-0.1, -0.05) is 5.16 Å². The van der Waals surface area contributed by atoms with Crippen molar-refractivity contribution in [2.24, 2.45) is 11.1 Å². The highest BCUT2D eigenvalue weighted by molar-refractivity contribution is 6.10. The number of pyridine rings is 1. The Labute approximate surface area is 187 Å². The summed E-state index contributed by atoms with van der Waals surface area (Å²) in [6.45, 7) is 4.39. The molecule has 32 heavy (non-hydrogen) atoms. The number of amides is 1. The van der Waals surface area contributed by atoms with Crippen LogP contribution < -0.4 is 10.6 Å². The van der Waals surface area contributed by atoms with E-state index < -0.39 is 0 Å². The number of hydrogen-bond donors (Lipinski definition) is 2. The number of aryl methyl sites for hydroxylation is 1. The van der Waals surface area contributed by atoms with E-state index in [1.165, 1.54) is 0 Å².